The van der Waals surface area contributed by atoms with Crippen LogP contribution in [0.3, 0.4) is 0 Å². The number of benzene rings is 1. The van der Waals surface area contributed by atoms with E-state index in [1.807, 2.05) is 0 Å². The van der Waals surface area contributed by atoms with Crippen molar-refractivity contribution in [2.45, 2.75) is 13.0 Å². The van der Waals surface area contributed by atoms with Crippen molar-refractivity contribution < 1.29 is 19.7 Å². The number of rotatable bonds is 3. The number of carboxylic acid groups (broad SMARTS) is 1. The van der Waals surface area contributed by atoms with Crippen molar-refractivity contribution >= 4 is 5.97 Å². The number of hydrogen-bond acceptors (Lipinski definition) is 4. The number of methoxy groups -OCH3 is 1. The highest BCUT2D eigenvalue weighted by Gasteiger charge is 2.20. The topological polar surface area (TPSA) is 92.8 Å². The van der Waals surface area contributed by atoms with Crippen LogP contribution in [0.4, 0.5) is 0 Å². The van der Waals surface area contributed by atoms with Gasteiger partial charge in [0.05, 0.1) is 7.11 Å². The molecule has 0 fully saturated rings. The molecule has 5 nitrogen and oxygen atoms in total. The molecule has 0 aromatic heterocycles. The summed E-state index contributed by atoms with van der Waals surface area (Å²) in [4.78, 5) is 10.7. The molecule has 0 aliphatic heterocycles. The minimum absolute atomic E-state index is 0.152. The Morgan fingerprint density at radius 3 is 2.60 bits per heavy atom. The first-order valence-corrected chi connectivity index (χ1v) is 4.33. The van der Waals surface area contributed by atoms with Crippen LogP contribution in [0.15, 0.2) is 12.1 Å². The molecule has 0 saturated carbocycles. The molecule has 0 heterocycles. The fraction of sp³-hybridized carbons (Fsp3) is 0.300. The van der Waals surface area contributed by atoms with Gasteiger partial charge in [-0.3, -0.25) is 4.79 Å². The predicted octanol–water partition coefficient (Wildman–Crippen LogP) is 0.794. The molecule has 5 heteroatoms. The van der Waals surface area contributed by atoms with Crippen LogP contribution in [0.2, 0.25) is 0 Å². The lowest BCUT2D eigenvalue weighted by Gasteiger charge is -2.13. The molecule has 1 aromatic rings. The Kier molecular flexibility index (Phi) is 3.16. The normalized spacial score (nSPS) is 12.2. The SMILES string of the molecule is COc1cc(C)cc([C@H](N)C(=O)O)c1O. The van der Waals surface area contributed by atoms with Crippen LogP contribution < -0.4 is 10.5 Å². The Labute approximate surface area is 87.1 Å². The monoisotopic (exact) mass is 211 g/mol. The van der Waals surface area contributed by atoms with Crippen LogP contribution in [0.5, 0.6) is 11.5 Å². The summed E-state index contributed by atoms with van der Waals surface area (Å²) >= 11 is 0. The molecule has 0 saturated heterocycles. The average Bonchev–Trinajstić information content (AvgIpc) is 2.19. The molecule has 15 heavy (non-hydrogen) atoms. The van der Waals surface area contributed by atoms with Gasteiger partial charge in [0.25, 0.3) is 0 Å². The van der Waals surface area contributed by atoms with Gasteiger partial charge in [-0.1, -0.05) is 0 Å². The second kappa shape index (κ2) is 4.18. The third kappa shape index (κ3) is 2.19. The van der Waals surface area contributed by atoms with Crippen molar-refractivity contribution in [1.82, 2.24) is 0 Å². The summed E-state index contributed by atoms with van der Waals surface area (Å²) in [5.41, 5.74) is 6.34. The molecule has 0 spiro atoms. The van der Waals surface area contributed by atoms with Gasteiger partial charge in [0.1, 0.15) is 6.04 Å². The van der Waals surface area contributed by atoms with E-state index < -0.39 is 12.0 Å². The Morgan fingerprint density at radius 1 is 1.53 bits per heavy atom. The molecule has 0 unspecified atom stereocenters. The third-order valence-corrected chi connectivity index (χ3v) is 2.07. The fourth-order valence-corrected chi connectivity index (χ4v) is 1.30. The van der Waals surface area contributed by atoms with Crippen molar-refractivity contribution in [1.29, 1.82) is 0 Å². The zero-order valence-electron chi connectivity index (χ0n) is 8.52. The van der Waals surface area contributed by atoms with Gasteiger partial charge in [-0.05, 0) is 24.6 Å². The van der Waals surface area contributed by atoms with Crippen molar-refractivity contribution in [3.05, 3.63) is 23.3 Å². The van der Waals surface area contributed by atoms with Gasteiger partial charge in [0.15, 0.2) is 11.5 Å². The van der Waals surface area contributed by atoms with Crippen molar-refractivity contribution in [2.75, 3.05) is 7.11 Å². The van der Waals surface area contributed by atoms with Gasteiger partial charge in [0, 0.05) is 5.56 Å². The maximum absolute atomic E-state index is 10.7. The summed E-state index contributed by atoms with van der Waals surface area (Å²) in [5, 5.41) is 18.4. The van der Waals surface area contributed by atoms with Gasteiger partial charge in [-0.15, -0.1) is 0 Å². The molecule has 1 atom stereocenters. The lowest BCUT2D eigenvalue weighted by atomic mass is 10.0. The van der Waals surface area contributed by atoms with E-state index in [0.717, 1.165) is 5.56 Å². The van der Waals surface area contributed by atoms with Gasteiger partial charge < -0.3 is 20.7 Å². The molecular weight excluding hydrogens is 198 g/mol. The molecule has 0 aliphatic rings. The van der Waals surface area contributed by atoms with Crippen molar-refractivity contribution in [2.24, 2.45) is 5.73 Å². The Hall–Kier alpha value is -1.75. The standard InChI is InChI=1S/C10H13NO4/c1-5-3-6(8(11)10(13)14)9(12)7(4-5)15-2/h3-4,8,12H,11H2,1-2H3,(H,13,14)/t8-/m0/s1. The lowest BCUT2D eigenvalue weighted by molar-refractivity contribution is -0.138. The van der Waals surface area contributed by atoms with Crippen LogP contribution in [0.25, 0.3) is 0 Å². The summed E-state index contributed by atoms with van der Waals surface area (Å²) in [6, 6.07) is 1.88. The fourth-order valence-electron chi connectivity index (χ4n) is 1.30. The van der Waals surface area contributed by atoms with E-state index in [1.165, 1.54) is 13.2 Å². The number of hydrogen-bond donors (Lipinski definition) is 3. The number of carboxylic acids is 1. The third-order valence-electron chi connectivity index (χ3n) is 2.07. The maximum atomic E-state index is 10.7. The van der Waals surface area contributed by atoms with E-state index in [2.05, 4.69) is 0 Å². The molecule has 1 rings (SSSR count). The zero-order chi connectivity index (χ0) is 11.6. The van der Waals surface area contributed by atoms with E-state index in [9.17, 15) is 9.90 Å². The van der Waals surface area contributed by atoms with Crippen LogP contribution >= 0.6 is 0 Å². The molecule has 1 aromatic carbocycles. The van der Waals surface area contributed by atoms with Gasteiger partial charge >= 0.3 is 5.97 Å². The first kappa shape index (κ1) is 11.3. The molecule has 0 aliphatic carbocycles. The molecule has 0 bridgehead atoms. The van der Waals surface area contributed by atoms with Crippen LogP contribution in [0, 0.1) is 6.92 Å². The lowest BCUT2D eigenvalue weighted by Crippen LogP contribution is -2.21. The maximum Gasteiger partial charge on any atom is 0.325 e. The van der Waals surface area contributed by atoms with Crippen LogP contribution in [-0.2, 0) is 4.79 Å². The van der Waals surface area contributed by atoms with E-state index in [0.29, 0.717) is 0 Å². The summed E-state index contributed by atoms with van der Waals surface area (Å²) in [5.74, 6) is -1.20. The number of carbonyl (C=O) groups is 1. The van der Waals surface area contributed by atoms with E-state index >= 15 is 0 Å². The number of phenolic OH excluding ortho intramolecular Hbond substituents is 1. The highest BCUT2D eigenvalue weighted by molar-refractivity contribution is 5.77. The van der Waals surface area contributed by atoms with E-state index in [1.54, 1.807) is 13.0 Å². The van der Waals surface area contributed by atoms with Crippen LogP contribution in [-0.4, -0.2) is 23.3 Å². The zero-order valence-corrected chi connectivity index (χ0v) is 8.52. The van der Waals surface area contributed by atoms with Gasteiger partial charge in [-0.2, -0.15) is 0 Å². The second-order valence-corrected chi connectivity index (χ2v) is 3.22. The van der Waals surface area contributed by atoms with Crippen LogP contribution in [0.1, 0.15) is 17.2 Å². The molecule has 82 valence electrons. The number of aryl methyl sites for hydroxylation is 1. The van der Waals surface area contributed by atoms with E-state index in [4.69, 9.17) is 15.6 Å². The molecule has 4 N–H and O–H groups in total. The van der Waals surface area contributed by atoms with Crippen molar-refractivity contribution in [3.63, 3.8) is 0 Å². The second-order valence-electron chi connectivity index (χ2n) is 3.22. The molecular formula is C10H13NO4. The number of phenols is 1. The molecule has 0 amide bonds. The van der Waals surface area contributed by atoms with E-state index in [-0.39, 0.29) is 17.1 Å². The number of ether oxygens (including phenoxy) is 1. The first-order chi connectivity index (χ1) is 6.97. The highest BCUT2D eigenvalue weighted by Crippen LogP contribution is 2.34. The smallest absolute Gasteiger partial charge is 0.325 e. The number of nitrogens with two attached hydrogens (primary N) is 1. The Bertz CT molecular complexity index is 389. The minimum Gasteiger partial charge on any atom is -0.504 e. The van der Waals surface area contributed by atoms with Gasteiger partial charge in [0.2, 0.25) is 0 Å². The largest absolute Gasteiger partial charge is 0.504 e. The summed E-state index contributed by atoms with van der Waals surface area (Å²) in [6.45, 7) is 1.76. The van der Waals surface area contributed by atoms with Gasteiger partial charge in [-0.25, -0.2) is 0 Å². The Balaban J connectivity index is 3.28. The summed E-state index contributed by atoms with van der Waals surface area (Å²) < 4.78 is 4.90. The predicted molar refractivity (Wildman–Crippen MR) is 54.0 cm³/mol. The summed E-state index contributed by atoms with van der Waals surface area (Å²) in [7, 11) is 1.39. The molecule has 0 radical (unpaired) electrons. The number of aliphatic carboxylic acids is 1. The van der Waals surface area contributed by atoms with Crippen molar-refractivity contribution in [3.8, 4) is 11.5 Å². The quantitative estimate of drug-likeness (QED) is 0.687. The Morgan fingerprint density at radius 2 is 2.13 bits per heavy atom. The minimum atomic E-state index is -1.25. The average molecular weight is 211 g/mol. The highest BCUT2D eigenvalue weighted by atomic mass is 16.5. The summed E-state index contributed by atoms with van der Waals surface area (Å²) in [6.07, 6.45) is 0. The number of aromatic hydroxyl groups is 1. The first-order valence-electron chi connectivity index (χ1n) is 4.33.